The third-order valence-electron chi connectivity index (χ3n) is 2.97. The Hall–Kier alpha value is -1.44. The molecule has 0 saturated heterocycles. The number of benzene rings is 1. The summed E-state index contributed by atoms with van der Waals surface area (Å²) in [5.74, 6) is -0.267. The van der Waals surface area contributed by atoms with Gasteiger partial charge in [-0.2, -0.15) is 0 Å². The molecule has 1 amide bonds. The molecule has 0 radical (unpaired) electrons. The molecule has 0 aliphatic heterocycles. The molecule has 1 rings (SSSR count). The average Bonchev–Trinajstić information content (AvgIpc) is 2.38. The van der Waals surface area contributed by atoms with E-state index in [1.54, 1.807) is 32.9 Å². The van der Waals surface area contributed by atoms with Crippen molar-refractivity contribution in [2.75, 3.05) is 18.5 Å². The topological polar surface area (TPSA) is 95.5 Å². The molecule has 21 heavy (non-hydrogen) atoms. The Morgan fingerprint density at radius 1 is 1.33 bits per heavy atom. The van der Waals surface area contributed by atoms with Gasteiger partial charge >= 0.3 is 0 Å². The Bertz CT molecular complexity index is 624. The maximum atomic E-state index is 12.3. The highest BCUT2D eigenvalue weighted by atomic mass is 32.2. The monoisotopic (exact) mass is 314 g/mol. The van der Waals surface area contributed by atoms with Crippen LogP contribution in [0.2, 0.25) is 0 Å². The molecule has 0 bridgehead atoms. The summed E-state index contributed by atoms with van der Waals surface area (Å²) in [5, 5.41) is 11.7. The van der Waals surface area contributed by atoms with Crippen molar-refractivity contribution in [3.63, 3.8) is 0 Å². The molecule has 0 aliphatic carbocycles. The number of carbonyl (C=O) groups excluding carboxylic acids is 1. The van der Waals surface area contributed by atoms with Crippen molar-refractivity contribution in [3.8, 4) is 0 Å². The van der Waals surface area contributed by atoms with Crippen LogP contribution in [0.4, 0.5) is 5.69 Å². The normalized spacial score (nSPS) is 12.2. The van der Waals surface area contributed by atoms with E-state index in [1.165, 1.54) is 13.0 Å². The second-order valence-electron chi connectivity index (χ2n) is 5.81. The van der Waals surface area contributed by atoms with Crippen molar-refractivity contribution >= 4 is 21.6 Å². The molecule has 0 fully saturated rings. The SMILES string of the molecule is CC(=O)Nc1ccc(C)c(S(=O)(=O)NCC(C)(C)CO)c1. The first-order valence-corrected chi connectivity index (χ1v) is 8.04. The molecule has 0 heterocycles. The summed E-state index contributed by atoms with van der Waals surface area (Å²) in [6.45, 7) is 6.56. The van der Waals surface area contributed by atoms with Crippen molar-refractivity contribution < 1.29 is 18.3 Å². The van der Waals surface area contributed by atoms with Crippen molar-refractivity contribution in [2.24, 2.45) is 5.41 Å². The van der Waals surface area contributed by atoms with Gasteiger partial charge in [-0.3, -0.25) is 4.79 Å². The fourth-order valence-electron chi connectivity index (χ4n) is 1.59. The van der Waals surface area contributed by atoms with Crippen LogP contribution in [0.1, 0.15) is 26.3 Å². The van der Waals surface area contributed by atoms with Crippen molar-refractivity contribution in [3.05, 3.63) is 23.8 Å². The highest BCUT2D eigenvalue weighted by molar-refractivity contribution is 7.89. The van der Waals surface area contributed by atoms with Crippen molar-refractivity contribution in [2.45, 2.75) is 32.6 Å². The lowest BCUT2D eigenvalue weighted by Crippen LogP contribution is -2.36. The Balaban J connectivity index is 3.04. The van der Waals surface area contributed by atoms with E-state index in [1.807, 2.05) is 0 Å². The van der Waals surface area contributed by atoms with E-state index >= 15 is 0 Å². The van der Waals surface area contributed by atoms with Crippen LogP contribution in [0.5, 0.6) is 0 Å². The molecule has 0 unspecified atom stereocenters. The van der Waals surface area contributed by atoms with Gasteiger partial charge in [0, 0.05) is 31.2 Å². The number of aliphatic hydroxyl groups is 1. The summed E-state index contributed by atoms with van der Waals surface area (Å²) in [6.07, 6.45) is 0. The minimum atomic E-state index is -3.70. The lowest BCUT2D eigenvalue weighted by atomic mass is 9.96. The van der Waals surface area contributed by atoms with Gasteiger partial charge in [-0.1, -0.05) is 19.9 Å². The molecule has 0 spiro atoms. The summed E-state index contributed by atoms with van der Waals surface area (Å²) in [5.41, 5.74) is 0.462. The van der Waals surface area contributed by atoms with E-state index in [9.17, 15) is 18.3 Å². The molecule has 1 aromatic rings. The predicted molar refractivity (Wildman–Crippen MR) is 81.5 cm³/mol. The zero-order valence-corrected chi connectivity index (χ0v) is 13.5. The highest BCUT2D eigenvalue weighted by Crippen LogP contribution is 2.21. The number of sulfonamides is 1. The van der Waals surface area contributed by atoms with Gasteiger partial charge < -0.3 is 10.4 Å². The molecule has 0 saturated carbocycles. The van der Waals surface area contributed by atoms with Gasteiger partial charge in [0.2, 0.25) is 15.9 Å². The van der Waals surface area contributed by atoms with Crippen molar-refractivity contribution in [1.29, 1.82) is 0 Å². The Morgan fingerprint density at radius 3 is 2.48 bits per heavy atom. The first-order valence-electron chi connectivity index (χ1n) is 6.56. The van der Waals surface area contributed by atoms with Crippen LogP contribution < -0.4 is 10.0 Å². The lowest BCUT2D eigenvalue weighted by molar-refractivity contribution is -0.114. The second kappa shape index (κ2) is 6.55. The minimum Gasteiger partial charge on any atom is -0.396 e. The van der Waals surface area contributed by atoms with Gasteiger partial charge in [0.1, 0.15) is 0 Å². The summed E-state index contributed by atoms with van der Waals surface area (Å²) in [4.78, 5) is 11.2. The fraction of sp³-hybridized carbons (Fsp3) is 0.500. The average molecular weight is 314 g/mol. The van der Waals surface area contributed by atoms with Gasteiger partial charge in [-0.05, 0) is 24.6 Å². The van der Waals surface area contributed by atoms with Crippen LogP contribution in [0.25, 0.3) is 0 Å². The standard InChI is InChI=1S/C14H22N2O4S/c1-10-5-6-12(16-11(2)18)7-13(10)21(19,20)15-8-14(3,4)9-17/h5-7,15,17H,8-9H2,1-4H3,(H,16,18). The number of aliphatic hydroxyl groups excluding tert-OH is 1. The Morgan fingerprint density at radius 2 is 1.95 bits per heavy atom. The fourth-order valence-corrected chi connectivity index (χ4v) is 3.10. The molecule has 3 N–H and O–H groups in total. The van der Waals surface area contributed by atoms with E-state index in [2.05, 4.69) is 10.0 Å². The largest absolute Gasteiger partial charge is 0.396 e. The van der Waals surface area contributed by atoms with Crippen LogP contribution in [-0.2, 0) is 14.8 Å². The van der Waals surface area contributed by atoms with Gasteiger partial charge in [0.15, 0.2) is 0 Å². The molecule has 0 atom stereocenters. The zero-order chi connectivity index (χ0) is 16.3. The van der Waals surface area contributed by atoms with Crippen LogP contribution in [0.3, 0.4) is 0 Å². The molecule has 0 aromatic heterocycles. The second-order valence-corrected chi connectivity index (χ2v) is 7.54. The molecule has 6 nitrogen and oxygen atoms in total. The number of amides is 1. The van der Waals surface area contributed by atoms with E-state index in [4.69, 9.17) is 0 Å². The van der Waals surface area contributed by atoms with E-state index in [-0.39, 0.29) is 24.0 Å². The van der Waals surface area contributed by atoms with Crippen LogP contribution in [0.15, 0.2) is 23.1 Å². The summed E-state index contributed by atoms with van der Waals surface area (Å²) in [7, 11) is -3.70. The molecular weight excluding hydrogens is 292 g/mol. The summed E-state index contributed by atoms with van der Waals surface area (Å²) < 4.78 is 27.2. The number of hydrogen-bond acceptors (Lipinski definition) is 4. The molecule has 7 heteroatoms. The first-order chi connectivity index (χ1) is 9.57. The van der Waals surface area contributed by atoms with Crippen LogP contribution >= 0.6 is 0 Å². The smallest absolute Gasteiger partial charge is 0.240 e. The predicted octanol–water partition coefficient (Wildman–Crippen LogP) is 1.25. The molecule has 1 aromatic carbocycles. The van der Waals surface area contributed by atoms with Gasteiger partial charge in [0.25, 0.3) is 0 Å². The van der Waals surface area contributed by atoms with Gasteiger partial charge in [-0.15, -0.1) is 0 Å². The summed E-state index contributed by atoms with van der Waals surface area (Å²) in [6, 6.07) is 4.70. The van der Waals surface area contributed by atoms with Gasteiger partial charge in [-0.25, -0.2) is 13.1 Å². The molecular formula is C14H22N2O4S. The number of anilines is 1. The van der Waals surface area contributed by atoms with Crippen LogP contribution in [-0.4, -0.2) is 32.6 Å². The Kier molecular flexibility index (Phi) is 5.49. The first kappa shape index (κ1) is 17.6. The zero-order valence-electron chi connectivity index (χ0n) is 12.7. The molecule has 118 valence electrons. The van der Waals surface area contributed by atoms with E-state index < -0.39 is 15.4 Å². The van der Waals surface area contributed by atoms with E-state index in [0.717, 1.165) is 0 Å². The Labute approximate surface area is 125 Å². The van der Waals surface area contributed by atoms with Crippen molar-refractivity contribution in [1.82, 2.24) is 4.72 Å². The van der Waals surface area contributed by atoms with Crippen LogP contribution in [0, 0.1) is 12.3 Å². The lowest BCUT2D eigenvalue weighted by Gasteiger charge is -2.22. The maximum absolute atomic E-state index is 12.3. The number of carbonyl (C=O) groups is 1. The molecule has 0 aliphatic rings. The third kappa shape index (κ3) is 5.11. The minimum absolute atomic E-state index is 0.113. The highest BCUT2D eigenvalue weighted by Gasteiger charge is 2.23. The number of rotatable bonds is 6. The number of hydrogen-bond donors (Lipinski definition) is 3. The third-order valence-corrected chi connectivity index (χ3v) is 4.51. The number of aryl methyl sites for hydroxylation is 1. The number of nitrogens with one attached hydrogen (secondary N) is 2. The maximum Gasteiger partial charge on any atom is 0.240 e. The quantitative estimate of drug-likeness (QED) is 0.736. The van der Waals surface area contributed by atoms with Gasteiger partial charge in [0.05, 0.1) is 4.90 Å². The van der Waals surface area contributed by atoms with E-state index in [0.29, 0.717) is 11.3 Å². The summed E-state index contributed by atoms with van der Waals surface area (Å²) >= 11 is 0.